The fourth-order valence-corrected chi connectivity index (χ4v) is 5.50. The Morgan fingerprint density at radius 3 is 2.69 bits per heavy atom. The summed E-state index contributed by atoms with van der Waals surface area (Å²) in [5, 5.41) is 3.32. The predicted molar refractivity (Wildman–Crippen MR) is 103 cm³/mol. The number of hydrogen-bond donors (Lipinski definition) is 1. The van der Waals surface area contributed by atoms with E-state index in [1.165, 1.54) is 44.1 Å². The molecule has 0 radical (unpaired) electrons. The minimum atomic E-state index is 0.203. The van der Waals surface area contributed by atoms with Crippen LogP contribution in [0.5, 0.6) is 5.75 Å². The molecule has 4 atom stereocenters. The normalized spacial score (nSPS) is 29.5. The lowest BCUT2D eigenvalue weighted by atomic mass is 9.88. The number of likely N-dealkylation sites (tertiary alicyclic amines) is 1. The van der Waals surface area contributed by atoms with Crippen molar-refractivity contribution >= 4 is 5.91 Å². The van der Waals surface area contributed by atoms with Crippen LogP contribution in [0.25, 0.3) is 0 Å². The lowest BCUT2D eigenvalue weighted by molar-refractivity contribution is -0.126. The van der Waals surface area contributed by atoms with Gasteiger partial charge in [0.05, 0.1) is 13.2 Å². The van der Waals surface area contributed by atoms with Crippen molar-refractivity contribution in [3.63, 3.8) is 0 Å². The van der Waals surface area contributed by atoms with Crippen LogP contribution >= 0.6 is 0 Å². The number of ether oxygens (including phenoxy) is 1. The Bertz CT molecular complexity index is 626. The smallest absolute Gasteiger partial charge is 0.223 e. The first-order chi connectivity index (χ1) is 12.8. The fraction of sp³-hybridized carbons (Fsp3) is 0.682. The fourth-order valence-electron chi connectivity index (χ4n) is 5.50. The highest BCUT2D eigenvalue weighted by Gasteiger charge is 2.43. The molecule has 1 N–H and O–H groups in total. The second kappa shape index (κ2) is 7.99. The Kier molecular flexibility index (Phi) is 5.49. The van der Waals surface area contributed by atoms with Crippen LogP contribution in [0.3, 0.4) is 0 Å². The molecule has 2 aliphatic carbocycles. The third-order valence-corrected chi connectivity index (χ3v) is 6.87. The van der Waals surface area contributed by atoms with Crippen LogP contribution in [-0.4, -0.2) is 37.6 Å². The molecule has 0 spiro atoms. The van der Waals surface area contributed by atoms with Gasteiger partial charge in [-0.15, -0.1) is 0 Å². The van der Waals surface area contributed by atoms with E-state index in [1.54, 1.807) is 7.11 Å². The lowest BCUT2D eigenvalue weighted by Crippen LogP contribution is -2.43. The van der Waals surface area contributed by atoms with Crippen LogP contribution in [0, 0.1) is 17.8 Å². The van der Waals surface area contributed by atoms with Gasteiger partial charge in [0.15, 0.2) is 0 Å². The highest BCUT2D eigenvalue weighted by atomic mass is 16.5. The Labute approximate surface area is 157 Å². The summed E-state index contributed by atoms with van der Waals surface area (Å²) < 4.78 is 5.62. The molecule has 2 bridgehead atoms. The van der Waals surface area contributed by atoms with Crippen LogP contribution in [0.1, 0.15) is 56.6 Å². The van der Waals surface area contributed by atoms with E-state index in [4.69, 9.17) is 4.74 Å². The summed E-state index contributed by atoms with van der Waals surface area (Å²) in [7, 11) is 1.74. The van der Waals surface area contributed by atoms with Gasteiger partial charge in [-0.05, 0) is 63.1 Å². The van der Waals surface area contributed by atoms with Gasteiger partial charge in [0.1, 0.15) is 5.75 Å². The molecule has 26 heavy (non-hydrogen) atoms. The molecule has 4 nitrogen and oxygen atoms in total. The van der Waals surface area contributed by atoms with Crippen molar-refractivity contribution in [3.05, 3.63) is 29.8 Å². The molecule has 1 aliphatic heterocycles. The molecule has 1 heterocycles. The van der Waals surface area contributed by atoms with E-state index in [0.717, 1.165) is 31.2 Å². The van der Waals surface area contributed by atoms with Crippen LogP contribution in [0.4, 0.5) is 0 Å². The van der Waals surface area contributed by atoms with E-state index in [2.05, 4.69) is 22.3 Å². The number of benzene rings is 1. The largest absolute Gasteiger partial charge is 0.496 e. The van der Waals surface area contributed by atoms with Crippen molar-refractivity contribution in [2.45, 2.75) is 51.0 Å². The van der Waals surface area contributed by atoms with Gasteiger partial charge in [0, 0.05) is 18.0 Å². The summed E-state index contributed by atoms with van der Waals surface area (Å²) in [6.07, 6.45) is 8.78. The van der Waals surface area contributed by atoms with E-state index >= 15 is 0 Å². The van der Waals surface area contributed by atoms with Gasteiger partial charge >= 0.3 is 0 Å². The third-order valence-electron chi connectivity index (χ3n) is 6.87. The van der Waals surface area contributed by atoms with Gasteiger partial charge in [0.2, 0.25) is 5.91 Å². The van der Waals surface area contributed by atoms with E-state index in [-0.39, 0.29) is 17.9 Å². The molecule has 3 aliphatic rings. The van der Waals surface area contributed by atoms with Crippen molar-refractivity contribution in [2.75, 3.05) is 26.7 Å². The molecule has 2 saturated carbocycles. The SMILES string of the molecule is COc1ccccc1[C@@H](CNC(=O)[C@H]1C[C@H]2CC[C@H]1C2)N1CCCCC1. The van der Waals surface area contributed by atoms with Crippen molar-refractivity contribution in [1.82, 2.24) is 10.2 Å². The molecular formula is C22H32N2O2. The number of methoxy groups -OCH3 is 1. The van der Waals surface area contributed by atoms with Crippen LogP contribution in [0.15, 0.2) is 24.3 Å². The predicted octanol–water partition coefficient (Wildman–Crippen LogP) is 3.77. The number of nitrogens with one attached hydrogen (secondary N) is 1. The number of carbonyl (C=O) groups excluding carboxylic acids is 1. The Balaban J connectivity index is 1.47. The van der Waals surface area contributed by atoms with E-state index < -0.39 is 0 Å². The molecule has 4 heteroatoms. The van der Waals surface area contributed by atoms with Gasteiger partial charge in [-0.3, -0.25) is 9.69 Å². The molecular weight excluding hydrogens is 324 g/mol. The quantitative estimate of drug-likeness (QED) is 0.843. The average Bonchev–Trinajstić information content (AvgIpc) is 3.33. The zero-order valence-electron chi connectivity index (χ0n) is 16.0. The highest BCUT2D eigenvalue weighted by Crippen LogP contribution is 2.48. The van der Waals surface area contributed by atoms with E-state index in [0.29, 0.717) is 12.5 Å². The molecule has 4 rings (SSSR count). The molecule has 142 valence electrons. The maximum Gasteiger partial charge on any atom is 0.223 e. The summed E-state index contributed by atoms with van der Waals surface area (Å²) in [5.41, 5.74) is 1.20. The third kappa shape index (κ3) is 3.62. The topological polar surface area (TPSA) is 41.6 Å². The van der Waals surface area contributed by atoms with Crippen molar-refractivity contribution in [1.29, 1.82) is 0 Å². The summed E-state index contributed by atoms with van der Waals surface area (Å²) in [6, 6.07) is 8.48. The lowest BCUT2D eigenvalue weighted by Gasteiger charge is -2.36. The maximum atomic E-state index is 12.8. The summed E-state index contributed by atoms with van der Waals surface area (Å²) in [5.74, 6) is 2.92. The number of rotatable bonds is 6. The molecule has 1 aromatic rings. The van der Waals surface area contributed by atoms with Crippen LogP contribution in [0.2, 0.25) is 0 Å². The first kappa shape index (κ1) is 17.8. The van der Waals surface area contributed by atoms with Gasteiger partial charge in [-0.25, -0.2) is 0 Å². The van der Waals surface area contributed by atoms with Crippen LogP contribution in [-0.2, 0) is 4.79 Å². The average molecular weight is 357 g/mol. The van der Waals surface area contributed by atoms with Crippen molar-refractivity contribution in [2.24, 2.45) is 17.8 Å². The van der Waals surface area contributed by atoms with Gasteiger partial charge in [0.25, 0.3) is 0 Å². The Hall–Kier alpha value is -1.55. The van der Waals surface area contributed by atoms with E-state index in [9.17, 15) is 4.79 Å². The standard InChI is InChI=1S/C22H32N2O2/c1-26-21-8-4-3-7-18(21)20(24-11-5-2-6-12-24)15-23-22(25)19-14-16-9-10-17(19)13-16/h3-4,7-8,16-17,19-20H,2,5-6,9-15H2,1H3,(H,23,25)/t16-,17-,19-,20+/m0/s1. The number of nitrogens with zero attached hydrogens (tertiary/aromatic N) is 1. The molecule has 1 saturated heterocycles. The first-order valence-electron chi connectivity index (χ1n) is 10.4. The van der Waals surface area contributed by atoms with Crippen LogP contribution < -0.4 is 10.1 Å². The number of fused-ring (bicyclic) bond motifs is 2. The highest BCUT2D eigenvalue weighted by molar-refractivity contribution is 5.79. The number of piperidine rings is 1. The maximum absolute atomic E-state index is 12.8. The minimum absolute atomic E-state index is 0.203. The van der Waals surface area contributed by atoms with Crippen molar-refractivity contribution in [3.8, 4) is 5.75 Å². The Morgan fingerprint density at radius 2 is 2.00 bits per heavy atom. The monoisotopic (exact) mass is 356 g/mol. The molecule has 3 fully saturated rings. The summed E-state index contributed by atoms with van der Waals surface area (Å²) in [6.45, 7) is 2.90. The minimum Gasteiger partial charge on any atom is -0.496 e. The molecule has 1 aromatic carbocycles. The molecule has 0 unspecified atom stereocenters. The number of carbonyl (C=O) groups is 1. The first-order valence-corrected chi connectivity index (χ1v) is 10.4. The zero-order chi connectivity index (χ0) is 17.9. The zero-order valence-corrected chi connectivity index (χ0v) is 16.0. The second-order valence-electron chi connectivity index (χ2n) is 8.38. The summed E-state index contributed by atoms with van der Waals surface area (Å²) >= 11 is 0. The molecule has 0 aromatic heterocycles. The Morgan fingerprint density at radius 1 is 1.19 bits per heavy atom. The second-order valence-corrected chi connectivity index (χ2v) is 8.38. The van der Waals surface area contributed by atoms with E-state index in [1.807, 2.05) is 12.1 Å². The molecule has 1 amide bonds. The summed E-state index contributed by atoms with van der Waals surface area (Å²) in [4.78, 5) is 15.4. The number of para-hydroxylation sites is 1. The van der Waals surface area contributed by atoms with Gasteiger partial charge in [-0.1, -0.05) is 31.0 Å². The number of amides is 1. The van der Waals surface area contributed by atoms with Crippen molar-refractivity contribution < 1.29 is 9.53 Å². The van der Waals surface area contributed by atoms with Gasteiger partial charge in [-0.2, -0.15) is 0 Å². The van der Waals surface area contributed by atoms with Gasteiger partial charge < -0.3 is 10.1 Å². The number of hydrogen-bond acceptors (Lipinski definition) is 3.